The lowest BCUT2D eigenvalue weighted by atomic mass is 10.1. The molecule has 0 aliphatic rings. The summed E-state index contributed by atoms with van der Waals surface area (Å²) in [5, 5.41) is 3.47. The van der Waals surface area contributed by atoms with E-state index >= 15 is 0 Å². The molecule has 3 aromatic rings. The lowest BCUT2D eigenvalue weighted by Gasteiger charge is -2.07. The molecule has 7 heteroatoms. The molecule has 1 heterocycles. The summed E-state index contributed by atoms with van der Waals surface area (Å²) in [5.74, 6) is -1.68. The number of aryl methyl sites for hydroxylation is 1. The summed E-state index contributed by atoms with van der Waals surface area (Å²) < 4.78 is 10.3. The molecule has 6 nitrogen and oxygen atoms in total. The van der Waals surface area contributed by atoms with E-state index in [1.807, 2.05) is 6.92 Å². The van der Waals surface area contributed by atoms with Gasteiger partial charge in [-0.15, -0.1) is 0 Å². The molecule has 0 fully saturated rings. The highest BCUT2D eigenvalue weighted by Gasteiger charge is 2.15. The Morgan fingerprint density at radius 2 is 1.85 bits per heavy atom. The highest BCUT2D eigenvalue weighted by molar-refractivity contribution is 6.30. The standard InChI is InChI=1S/C19H14ClNO5/c1-11-2-7-16-14(8-11)15(22)9-17(26-16)19(24)25-10-18(23)21-13-5-3-12(20)4-6-13/h2-9H,10H2,1H3,(H,21,23). The molecule has 0 aliphatic carbocycles. The van der Waals surface area contributed by atoms with Crippen molar-refractivity contribution in [3.8, 4) is 0 Å². The van der Waals surface area contributed by atoms with E-state index in [0.717, 1.165) is 11.6 Å². The zero-order valence-electron chi connectivity index (χ0n) is 13.7. The summed E-state index contributed by atoms with van der Waals surface area (Å²) in [6.45, 7) is 1.33. The van der Waals surface area contributed by atoms with E-state index < -0.39 is 18.5 Å². The third-order valence-corrected chi connectivity index (χ3v) is 3.80. The fraction of sp³-hybridized carbons (Fsp3) is 0.105. The first-order valence-electron chi connectivity index (χ1n) is 7.69. The quantitative estimate of drug-likeness (QED) is 0.709. The smallest absolute Gasteiger partial charge is 0.374 e. The van der Waals surface area contributed by atoms with Crippen molar-refractivity contribution < 1.29 is 18.7 Å². The second-order valence-electron chi connectivity index (χ2n) is 5.61. The first kappa shape index (κ1) is 17.7. The molecule has 1 N–H and O–H groups in total. The fourth-order valence-electron chi connectivity index (χ4n) is 2.30. The van der Waals surface area contributed by atoms with Crippen LogP contribution in [0.1, 0.15) is 16.1 Å². The van der Waals surface area contributed by atoms with E-state index in [1.165, 1.54) is 0 Å². The molecule has 0 atom stereocenters. The second kappa shape index (κ2) is 7.41. The molecule has 1 aromatic heterocycles. The SMILES string of the molecule is Cc1ccc2oc(C(=O)OCC(=O)Nc3ccc(Cl)cc3)cc(=O)c2c1. The Hall–Kier alpha value is -3.12. The number of hydrogen-bond acceptors (Lipinski definition) is 5. The summed E-state index contributed by atoms with van der Waals surface area (Å²) in [6.07, 6.45) is 0. The Morgan fingerprint density at radius 3 is 2.58 bits per heavy atom. The molecule has 0 aliphatic heterocycles. The Morgan fingerprint density at radius 1 is 1.12 bits per heavy atom. The van der Waals surface area contributed by atoms with Crippen molar-refractivity contribution in [3.63, 3.8) is 0 Å². The van der Waals surface area contributed by atoms with Gasteiger partial charge in [0.25, 0.3) is 5.91 Å². The van der Waals surface area contributed by atoms with Crippen LogP contribution in [0.3, 0.4) is 0 Å². The Labute approximate surface area is 153 Å². The van der Waals surface area contributed by atoms with Gasteiger partial charge in [-0.25, -0.2) is 4.79 Å². The third-order valence-electron chi connectivity index (χ3n) is 3.55. The molecule has 132 valence electrons. The number of hydrogen-bond donors (Lipinski definition) is 1. The number of benzene rings is 2. The number of fused-ring (bicyclic) bond motifs is 1. The van der Waals surface area contributed by atoms with Gasteiger partial charge in [0.05, 0.1) is 5.39 Å². The summed E-state index contributed by atoms with van der Waals surface area (Å²) in [6, 6.07) is 12.6. The van der Waals surface area contributed by atoms with Crippen LogP contribution in [0, 0.1) is 6.92 Å². The van der Waals surface area contributed by atoms with Crippen LogP contribution in [0.25, 0.3) is 11.0 Å². The molecule has 26 heavy (non-hydrogen) atoms. The number of nitrogens with one attached hydrogen (secondary N) is 1. The van der Waals surface area contributed by atoms with E-state index in [4.69, 9.17) is 20.8 Å². The molecule has 3 rings (SSSR count). The first-order valence-corrected chi connectivity index (χ1v) is 8.07. The number of halogens is 1. The van der Waals surface area contributed by atoms with Crippen molar-refractivity contribution in [3.05, 3.63) is 75.1 Å². The van der Waals surface area contributed by atoms with E-state index in [0.29, 0.717) is 16.1 Å². The maximum absolute atomic E-state index is 12.1. The van der Waals surface area contributed by atoms with Gasteiger partial charge < -0.3 is 14.5 Å². The first-order chi connectivity index (χ1) is 12.4. The number of amides is 1. The average Bonchev–Trinajstić information content (AvgIpc) is 2.62. The van der Waals surface area contributed by atoms with Crippen LogP contribution in [0.15, 0.2) is 57.7 Å². The van der Waals surface area contributed by atoms with Crippen LogP contribution < -0.4 is 10.7 Å². The monoisotopic (exact) mass is 371 g/mol. The van der Waals surface area contributed by atoms with Crippen LogP contribution in [0.2, 0.25) is 5.02 Å². The van der Waals surface area contributed by atoms with Crippen molar-refractivity contribution in [2.75, 3.05) is 11.9 Å². The van der Waals surface area contributed by atoms with Gasteiger partial charge in [-0.3, -0.25) is 9.59 Å². The van der Waals surface area contributed by atoms with Crippen LogP contribution in [-0.4, -0.2) is 18.5 Å². The Kier molecular flexibility index (Phi) is 5.04. The van der Waals surface area contributed by atoms with Gasteiger partial charge in [0.2, 0.25) is 5.76 Å². The number of rotatable bonds is 4. The number of anilines is 1. The number of carbonyl (C=O) groups is 2. The third kappa shape index (κ3) is 4.10. The van der Waals surface area contributed by atoms with Crippen molar-refractivity contribution in [1.29, 1.82) is 0 Å². The maximum atomic E-state index is 12.1. The summed E-state index contributed by atoms with van der Waals surface area (Å²) >= 11 is 5.76. The largest absolute Gasteiger partial charge is 0.450 e. The average molecular weight is 372 g/mol. The number of ether oxygens (including phenoxy) is 1. The Balaban J connectivity index is 1.67. The Bertz CT molecular complexity index is 1040. The second-order valence-corrected chi connectivity index (χ2v) is 6.04. The van der Waals surface area contributed by atoms with E-state index in [-0.39, 0.29) is 16.8 Å². The van der Waals surface area contributed by atoms with Crippen LogP contribution >= 0.6 is 11.6 Å². The van der Waals surface area contributed by atoms with E-state index in [2.05, 4.69) is 5.32 Å². The highest BCUT2D eigenvalue weighted by atomic mass is 35.5. The molecule has 0 bridgehead atoms. The minimum atomic E-state index is -0.893. The molecule has 1 amide bonds. The summed E-state index contributed by atoms with van der Waals surface area (Å²) in [5.41, 5.74) is 1.34. The van der Waals surface area contributed by atoms with Crippen molar-refractivity contribution in [1.82, 2.24) is 0 Å². The molecule has 0 saturated heterocycles. The van der Waals surface area contributed by atoms with Crippen LogP contribution in [-0.2, 0) is 9.53 Å². The summed E-state index contributed by atoms with van der Waals surface area (Å²) in [4.78, 5) is 36.0. The van der Waals surface area contributed by atoms with E-state index in [1.54, 1.807) is 42.5 Å². The number of esters is 1. The van der Waals surface area contributed by atoms with Gasteiger partial charge in [0, 0.05) is 16.8 Å². The molecular weight excluding hydrogens is 358 g/mol. The molecule has 0 saturated carbocycles. The van der Waals surface area contributed by atoms with Gasteiger partial charge in [0.1, 0.15) is 5.58 Å². The van der Waals surface area contributed by atoms with E-state index in [9.17, 15) is 14.4 Å². The summed E-state index contributed by atoms with van der Waals surface area (Å²) in [7, 11) is 0. The lowest BCUT2D eigenvalue weighted by Crippen LogP contribution is -2.21. The minimum Gasteiger partial charge on any atom is -0.450 e. The topological polar surface area (TPSA) is 85.6 Å². The van der Waals surface area contributed by atoms with Crippen molar-refractivity contribution >= 4 is 40.1 Å². The molecule has 0 spiro atoms. The zero-order valence-corrected chi connectivity index (χ0v) is 14.5. The van der Waals surface area contributed by atoms with Gasteiger partial charge in [0.15, 0.2) is 12.0 Å². The van der Waals surface area contributed by atoms with Crippen molar-refractivity contribution in [2.45, 2.75) is 6.92 Å². The van der Waals surface area contributed by atoms with Gasteiger partial charge >= 0.3 is 5.97 Å². The predicted octanol–water partition coefficient (Wildman–Crippen LogP) is 3.55. The van der Waals surface area contributed by atoms with Gasteiger partial charge in [-0.05, 0) is 43.3 Å². The molecule has 2 aromatic carbocycles. The normalized spacial score (nSPS) is 10.5. The zero-order chi connectivity index (χ0) is 18.7. The molecular formula is C19H14ClNO5. The van der Waals surface area contributed by atoms with Crippen LogP contribution in [0.5, 0.6) is 0 Å². The number of carbonyl (C=O) groups excluding carboxylic acids is 2. The maximum Gasteiger partial charge on any atom is 0.374 e. The van der Waals surface area contributed by atoms with Crippen molar-refractivity contribution in [2.24, 2.45) is 0 Å². The fourth-order valence-corrected chi connectivity index (χ4v) is 2.43. The highest BCUT2D eigenvalue weighted by Crippen LogP contribution is 2.15. The van der Waals surface area contributed by atoms with Gasteiger partial charge in [-0.2, -0.15) is 0 Å². The predicted molar refractivity (Wildman–Crippen MR) is 97.6 cm³/mol. The van der Waals surface area contributed by atoms with Gasteiger partial charge in [-0.1, -0.05) is 23.2 Å². The molecule has 0 unspecified atom stereocenters. The minimum absolute atomic E-state index is 0.259. The lowest BCUT2D eigenvalue weighted by molar-refractivity contribution is -0.119. The molecule has 0 radical (unpaired) electrons. The van der Waals surface area contributed by atoms with Crippen LogP contribution in [0.4, 0.5) is 5.69 Å².